The van der Waals surface area contributed by atoms with Gasteiger partial charge in [-0.2, -0.15) is 0 Å². The first-order chi connectivity index (χ1) is 7.68. The van der Waals surface area contributed by atoms with Gasteiger partial charge in [0.05, 0.1) is 16.3 Å². The molecule has 1 aliphatic heterocycles. The summed E-state index contributed by atoms with van der Waals surface area (Å²) < 4.78 is 10.3. The molecular formula is C11H8O3S2. The Labute approximate surface area is 103 Å². The molecule has 0 N–H and O–H groups in total. The smallest absolute Gasteiger partial charge is 0.346 e. The zero-order valence-electron chi connectivity index (χ0n) is 8.21. The number of hydrogen-bond donors (Lipinski definition) is 0. The van der Waals surface area contributed by atoms with Crippen molar-refractivity contribution >= 4 is 40.1 Å². The molecule has 0 radical (unpaired) electrons. The van der Waals surface area contributed by atoms with Gasteiger partial charge in [0.1, 0.15) is 5.75 Å². The van der Waals surface area contributed by atoms with Crippen LogP contribution in [0.4, 0.5) is 0 Å². The number of carbonyl (C=O) groups is 1. The number of thiocarbonyl (C=S) groups is 2. The monoisotopic (exact) mass is 252 g/mol. The number of esters is 1. The van der Waals surface area contributed by atoms with E-state index >= 15 is 0 Å². The van der Waals surface area contributed by atoms with Gasteiger partial charge in [-0.3, -0.25) is 0 Å². The standard InChI is InChI=1S/C11H8O3S2/c12-11(9-10(16)8(15)6-13-9)14-7-4-2-1-3-5-7/h1-5,9H,6H2. The van der Waals surface area contributed by atoms with Crippen molar-refractivity contribution in [2.45, 2.75) is 6.10 Å². The summed E-state index contributed by atoms with van der Waals surface area (Å²) in [6, 6.07) is 8.77. The Morgan fingerprint density at radius 1 is 1.31 bits per heavy atom. The van der Waals surface area contributed by atoms with Crippen LogP contribution in [0.5, 0.6) is 5.75 Å². The summed E-state index contributed by atoms with van der Waals surface area (Å²) in [7, 11) is 0. The highest BCUT2D eigenvalue weighted by molar-refractivity contribution is 7.89. The molecular weight excluding hydrogens is 244 g/mol. The quantitative estimate of drug-likeness (QED) is 0.455. The zero-order valence-corrected chi connectivity index (χ0v) is 9.85. The van der Waals surface area contributed by atoms with E-state index in [0.717, 1.165) is 0 Å². The molecule has 5 heteroatoms. The molecule has 16 heavy (non-hydrogen) atoms. The van der Waals surface area contributed by atoms with E-state index in [-0.39, 0.29) is 6.61 Å². The third kappa shape index (κ3) is 2.32. The van der Waals surface area contributed by atoms with E-state index in [1.807, 2.05) is 6.07 Å². The van der Waals surface area contributed by atoms with E-state index in [1.54, 1.807) is 24.3 Å². The molecule has 0 aliphatic carbocycles. The van der Waals surface area contributed by atoms with Crippen molar-refractivity contribution in [3.8, 4) is 5.75 Å². The minimum Gasteiger partial charge on any atom is -0.424 e. The second kappa shape index (κ2) is 4.78. The number of rotatable bonds is 2. The van der Waals surface area contributed by atoms with E-state index in [1.165, 1.54) is 0 Å². The molecule has 82 valence electrons. The summed E-state index contributed by atoms with van der Waals surface area (Å²) in [6.07, 6.45) is -0.831. The maximum absolute atomic E-state index is 11.7. The van der Waals surface area contributed by atoms with Crippen LogP contribution in [-0.4, -0.2) is 28.4 Å². The Hall–Kier alpha value is -1.17. The van der Waals surface area contributed by atoms with Crippen molar-refractivity contribution < 1.29 is 14.3 Å². The summed E-state index contributed by atoms with van der Waals surface area (Å²) in [4.78, 5) is 12.5. The molecule has 1 heterocycles. The van der Waals surface area contributed by atoms with Crippen LogP contribution in [0.2, 0.25) is 0 Å². The molecule has 1 saturated heterocycles. The summed E-state index contributed by atoms with van der Waals surface area (Å²) in [5.41, 5.74) is 0. The van der Waals surface area contributed by atoms with Gasteiger partial charge in [-0.05, 0) is 12.1 Å². The molecule has 2 rings (SSSR count). The maximum Gasteiger partial charge on any atom is 0.346 e. The summed E-state index contributed by atoms with van der Waals surface area (Å²) >= 11 is 9.92. The summed E-state index contributed by atoms with van der Waals surface area (Å²) in [5.74, 6) is -0.0484. The fourth-order valence-electron chi connectivity index (χ4n) is 1.29. The minimum atomic E-state index is -0.831. The normalized spacial score (nSPS) is 19.9. The molecule has 0 amide bonds. The fraction of sp³-hybridized carbons (Fsp3) is 0.182. The lowest BCUT2D eigenvalue weighted by atomic mass is 10.2. The molecule has 1 atom stereocenters. The second-order valence-corrected chi connectivity index (χ2v) is 4.15. The first kappa shape index (κ1) is 11.3. The number of para-hydroxylation sites is 1. The van der Waals surface area contributed by atoms with Gasteiger partial charge in [-0.15, -0.1) is 0 Å². The van der Waals surface area contributed by atoms with E-state index < -0.39 is 12.1 Å². The predicted molar refractivity (Wildman–Crippen MR) is 67.0 cm³/mol. The number of hydrogen-bond acceptors (Lipinski definition) is 5. The lowest BCUT2D eigenvalue weighted by Crippen LogP contribution is -2.31. The SMILES string of the molecule is O=C(Oc1ccccc1)C1OCC(=S)C1=S. The molecule has 0 bridgehead atoms. The van der Waals surface area contributed by atoms with Gasteiger partial charge in [0.25, 0.3) is 0 Å². The van der Waals surface area contributed by atoms with Gasteiger partial charge < -0.3 is 9.47 Å². The first-order valence-corrected chi connectivity index (χ1v) is 5.45. The minimum absolute atomic E-state index is 0.225. The lowest BCUT2D eigenvalue weighted by Gasteiger charge is -2.08. The molecule has 0 saturated carbocycles. The number of benzene rings is 1. The van der Waals surface area contributed by atoms with Gasteiger partial charge in [0, 0.05) is 0 Å². The van der Waals surface area contributed by atoms with E-state index in [0.29, 0.717) is 15.5 Å². The van der Waals surface area contributed by atoms with E-state index in [9.17, 15) is 4.79 Å². The Kier molecular flexibility index (Phi) is 3.38. The highest BCUT2D eigenvalue weighted by Gasteiger charge is 2.34. The molecule has 1 aromatic carbocycles. The largest absolute Gasteiger partial charge is 0.424 e. The Bertz CT molecular complexity index is 442. The molecule has 0 aromatic heterocycles. The van der Waals surface area contributed by atoms with Crippen LogP contribution in [-0.2, 0) is 9.53 Å². The van der Waals surface area contributed by atoms with Crippen LogP contribution in [0.15, 0.2) is 30.3 Å². The molecule has 1 aromatic rings. The third-order valence-electron chi connectivity index (χ3n) is 2.07. The highest BCUT2D eigenvalue weighted by Crippen LogP contribution is 2.14. The molecule has 1 aliphatic rings. The van der Waals surface area contributed by atoms with Crippen LogP contribution < -0.4 is 4.74 Å². The number of ether oxygens (including phenoxy) is 2. The maximum atomic E-state index is 11.7. The average Bonchev–Trinajstić information content (AvgIpc) is 2.61. The van der Waals surface area contributed by atoms with Gasteiger partial charge in [0.2, 0.25) is 0 Å². The van der Waals surface area contributed by atoms with Gasteiger partial charge >= 0.3 is 5.97 Å². The topological polar surface area (TPSA) is 35.5 Å². The van der Waals surface area contributed by atoms with Crippen LogP contribution in [0.25, 0.3) is 0 Å². The lowest BCUT2D eigenvalue weighted by molar-refractivity contribution is -0.141. The summed E-state index contributed by atoms with van der Waals surface area (Å²) in [5, 5.41) is 0. The first-order valence-electron chi connectivity index (χ1n) is 4.64. The predicted octanol–water partition coefficient (Wildman–Crippen LogP) is 1.73. The van der Waals surface area contributed by atoms with Crippen LogP contribution in [0, 0.1) is 0 Å². The van der Waals surface area contributed by atoms with E-state index in [2.05, 4.69) is 0 Å². The Morgan fingerprint density at radius 2 is 2.00 bits per heavy atom. The second-order valence-electron chi connectivity index (χ2n) is 3.21. The third-order valence-corrected chi connectivity index (χ3v) is 3.00. The number of carbonyl (C=O) groups excluding carboxylic acids is 1. The fourth-order valence-corrected chi connectivity index (χ4v) is 1.68. The Balaban J connectivity index is 2.05. The van der Waals surface area contributed by atoms with E-state index in [4.69, 9.17) is 33.9 Å². The average molecular weight is 252 g/mol. The molecule has 1 unspecified atom stereocenters. The Morgan fingerprint density at radius 3 is 2.56 bits per heavy atom. The van der Waals surface area contributed by atoms with Crippen LogP contribution >= 0.6 is 24.4 Å². The van der Waals surface area contributed by atoms with Crippen molar-refractivity contribution in [3.63, 3.8) is 0 Å². The molecule has 0 spiro atoms. The molecule has 3 nitrogen and oxygen atoms in total. The highest BCUT2D eigenvalue weighted by atomic mass is 32.1. The van der Waals surface area contributed by atoms with Gasteiger partial charge in [-0.1, -0.05) is 42.6 Å². The van der Waals surface area contributed by atoms with Crippen molar-refractivity contribution in [1.82, 2.24) is 0 Å². The summed E-state index contributed by atoms with van der Waals surface area (Å²) in [6.45, 7) is 0.225. The van der Waals surface area contributed by atoms with Crippen LogP contribution in [0.1, 0.15) is 0 Å². The van der Waals surface area contributed by atoms with Crippen LogP contribution in [0.3, 0.4) is 0 Å². The van der Waals surface area contributed by atoms with Crippen molar-refractivity contribution in [3.05, 3.63) is 30.3 Å². The van der Waals surface area contributed by atoms with Crippen molar-refractivity contribution in [2.24, 2.45) is 0 Å². The van der Waals surface area contributed by atoms with Gasteiger partial charge in [0.15, 0.2) is 6.10 Å². The van der Waals surface area contributed by atoms with Gasteiger partial charge in [-0.25, -0.2) is 4.79 Å². The van der Waals surface area contributed by atoms with Crippen molar-refractivity contribution in [2.75, 3.05) is 6.61 Å². The zero-order chi connectivity index (χ0) is 11.5. The van der Waals surface area contributed by atoms with Crippen molar-refractivity contribution in [1.29, 1.82) is 0 Å². The molecule has 1 fully saturated rings.